The molecule has 0 saturated carbocycles. The summed E-state index contributed by atoms with van der Waals surface area (Å²) in [7, 11) is 0. The highest BCUT2D eigenvalue weighted by atomic mass is 35.5. The quantitative estimate of drug-likeness (QED) is 0.817. The number of hydrogen-bond acceptors (Lipinski definition) is 1. The molecule has 98 valence electrons. The van der Waals surface area contributed by atoms with Crippen molar-refractivity contribution in [3.63, 3.8) is 0 Å². The number of nitrogens with one attached hydrogen (secondary N) is 1. The minimum atomic E-state index is 0.347. The van der Waals surface area contributed by atoms with Gasteiger partial charge in [0.15, 0.2) is 0 Å². The van der Waals surface area contributed by atoms with Crippen LogP contribution < -0.4 is 5.32 Å². The largest absolute Gasteiger partial charge is 0.377 e. The molecule has 0 aliphatic carbocycles. The molecule has 1 atom stereocenters. The smallest absolute Gasteiger partial charge is 0.0555 e. The summed E-state index contributed by atoms with van der Waals surface area (Å²) in [6.45, 7) is 4.31. The molecule has 0 fully saturated rings. The summed E-state index contributed by atoms with van der Waals surface area (Å²) in [6, 6.07) is 13.3. The van der Waals surface area contributed by atoms with Gasteiger partial charge in [-0.15, -0.1) is 0 Å². The van der Waals surface area contributed by atoms with E-state index in [4.69, 9.17) is 11.6 Å². The van der Waals surface area contributed by atoms with Crippen LogP contribution in [-0.4, -0.2) is 0 Å². The van der Waals surface area contributed by atoms with Gasteiger partial charge in [-0.2, -0.15) is 0 Å². The average Bonchev–Trinajstić information content (AvgIpc) is 2.89. The van der Waals surface area contributed by atoms with E-state index in [1.807, 2.05) is 6.07 Å². The fourth-order valence-electron chi connectivity index (χ4n) is 2.76. The van der Waals surface area contributed by atoms with Crippen LogP contribution in [0.1, 0.15) is 35.2 Å². The van der Waals surface area contributed by atoms with Crippen molar-refractivity contribution in [3.8, 4) is 0 Å². The van der Waals surface area contributed by atoms with Gasteiger partial charge < -0.3 is 5.32 Å². The highest BCUT2D eigenvalue weighted by molar-refractivity contribution is 6.31. The van der Waals surface area contributed by atoms with Gasteiger partial charge in [0.1, 0.15) is 0 Å². The van der Waals surface area contributed by atoms with Gasteiger partial charge in [-0.3, -0.25) is 0 Å². The maximum Gasteiger partial charge on any atom is 0.0555 e. The first-order chi connectivity index (χ1) is 9.19. The van der Waals surface area contributed by atoms with E-state index in [-0.39, 0.29) is 0 Å². The molecule has 0 aromatic heterocycles. The number of hydrogen-bond donors (Lipinski definition) is 1. The summed E-state index contributed by atoms with van der Waals surface area (Å²) in [6.07, 6.45) is 2.06. The number of anilines is 1. The van der Waals surface area contributed by atoms with E-state index >= 15 is 0 Å². The Balaban J connectivity index is 1.90. The number of rotatable bonds is 2. The fraction of sp³-hybridized carbons (Fsp3) is 0.294. The molecule has 2 aromatic rings. The van der Waals surface area contributed by atoms with Crippen LogP contribution in [0.25, 0.3) is 0 Å². The maximum atomic E-state index is 6.30. The maximum absolute atomic E-state index is 6.30. The molecule has 19 heavy (non-hydrogen) atoms. The standard InChI is InChI=1S/C17H18ClN/c1-3-12-5-7-13(8-6-12)16-10-14-15(18)9-4-11(2)17(14)19-16/h4-9,16,19H,3,10H2,1-2H3. The zero-order valence-electron chi connectivity index (χ0n) is 11.3. The predicted octanol–water partition coefficient (Wildman–Crippen LogP) is 4.92. The van der Waals surface area contributed by atoms with Crippen molar-refractivity contribution in [2.45, 2.75) is 32.7 Å². The van der Waals surface area contributed by atoms with Crippen molar-refractivity contribution < 1.29 is 0 Å². The lowest BCUT2D eigenvalue weighted by Gasteiger charge is -2.13. The van der Waals surface area contributed by atoms with E-state index in [0.29, 0.717) is 6.04 Å². The normalized spacial score (nSPS) is 17.1. The number of aryl methyl sites for hydroxylation is 2. The minimum Gasteiger partial charge on any atom is -0.377 e. The highest BCUT2D eigenvalue weighted by Gasteiger charge is 2.25. The molecule has 1 aliphatic rings. The molecule has 1 N–H and O–H groups in total. The molecule has 0 radical (unpaired) electrons. The summed E-state index contributed by atoms with van der Waals surface area (Å²) in [5.74, 6) is 0. The second kappa shape index (κ2) is 4.90. The Bertz CT molecular complexity index is 570. The highest BCUT2D eigenvalue weighted by Crippen LogP contribution is 2.40. The van der Waals surface area contributed by atoms with E-state index in [9.17, 15) is 0 Å². The first kappa shape index (κ1) is 12.6. The molecule has 1 unspecified atom stereocenters. The van der Waals surface area contributed by atoms with E-state index in [1.54, 1.807) is 0 Å². The Morgan fingerprint density at radius 3 is 2.53 bits per heavy atom. The number of benzene rings is 2. The van der Waals surface area contributed by atoms with Gasteiger partial charge in [0.2, 0.25) is 0 Å². The van der Waals surface area contributed by atoms with Crippen LogP contribution in [0.3, 0.4) is 0 Å². The van der Waals surface area contributed by atoms with E-state index in [2.05, 4.69) is 49.5 Å². The zero-order valence-corrected chi connectivity index (χ0v) is 12.1. The van der Waals surface area contributed by atoms with Gasteiger partial charge in [-0.25, -0.2) is 0 Å². The number of halogens is 1. The molecule has 3 rings (SSSR count). The first-order valence-electron chi connectivity index (χ1n) is 6.82. The topological polar surface area (TPSA) is 12.0 Å². The minimum absolute atomic E-state index is 0.347. The molecule has 1 heterocycles. The summed E-state index contributed by atoms with van der Waals surface area (Å²) in [4.78, 5) is 0. The molecule has 0 amide bonds. The second-order valence-electron chi connectivity index (χ2n) is 5.21. The van der Waals surface area contributed by atoms with Crippen LogP contribution in [0.4, 0.5) is 5.69 Å². The molecular weight excluding hydrogens is 254 g/mol. The van der Waals surface area contributed by atoms with Crippen LogP contribution in [-0.2, 0) is 12.8 Å². The predicted molar refractivity (Wildman–Crippen MR) is 82.1 cm³/mol. The summed E-state index contributed by atoms with van der Waals surface area (Å²) < 4.78 is 0. The monoisotopic (exact) mass is 271 g/mol. The molecule has 1 nitrogen and oxygen atoms in total. The van der Waals surface area contributed by atoms with Crippen molar-refractivity contribution in [2.75, 3.05) is 5.32 Å². The van der Waals surface area contributed by atoms with Gasteiger partial charge in [-0.05, 0) is 41.7 Å². The van der Waals surface area contributed by atoms with Gasteiger partial charge in [0, 0.05) is 17.1 Å². The first-order valence-corrected chi connectivity index (χ1v) is 7.20. The Morgan fingerprint density at radius 2 is 1.89 bits per heavy atom. The zero-order chi connectivity index (χ0) is 13.4. The third-order valence-electron chi connectivity index (χ3n) is 3.98. The van der Waals surface area contributed by atoms with Gasteiger partial charge in [0.05, 0.1) is 6.04 Å². The van der Waals surface area contributed by atoms with Crippen molar-refractivity contribution in [3.05, 3.63) is 63.7 Å². The molecule has 0 bridgehead atoms. The lowest BCUT2D eigenvalue weighted by Crippen LogP contribution is -2.05. The summed E-state index contributed by atoms with van der Waals surface area (Å²) in [5.41, 5.74) is 6.47. The van der Waals surface area contributed by atoms with Crippen LogP contribution in [0.2, 0.25) is 5.02 Å². The van der Waals surface area contributed by atoms with E-state index in [1.165, 1.54) is 27.9 Å². The van der Waals surface area contributed by atoms with E-state index < -0.39 is 0 Å². The molecule has 2 aromatic carbocycles. The Morgan fingerprint density at radius 1 is 1.16 bits per heavy atom. The lowest BCUT2D eigenvalue weighted by molar-refractivity contribution is 0.823. The third-order valence-corrected chi connectivity index (χ3v) is 4.34. The molecular formula is C17H18ClN. The Hall–Kier alpha value is -1.47. The van der Waals surface area contributed by atoms with Crippen LogP contribution in [0.15, 0.2) is 36.4 Å². The van der Waals surface area contributed by atoms with Crippen molar-refractivity contribution >= 4 is 17.3 Å². The van der Waals surface area contributed by atoms with Gasteiger partial charge in [0.25, 0.3) is 0 Å². The van der Waals surface area contributed by atoms with E-state index in [0.717, 1.165) is 17.9 Å². The van der Waals surface area contributed by atoms with Gasteiger partial charge in [-0.1, -0.05) is 48.9 Å². The molecule has 2 heteroatoms. The van der Waals surface area contributed by atoms with Crippen LogP contribution in [0.5, 0.6) is 0 Å². The Kier molecular flexibility index (Phi) is 3.24. The third kappa shape index (κ3) is 2.23. The summed E-state index contributed by atoms with van der Waals surface area (Å²) in [5, 5.41) is 4.49. The number of fused-ring (bicyclic) bond motifs is 1. The van der Waals surface area contributed by atoms with Crippen LogP contribution in [0, 0.1) is 6.92 Å². The average molecular weight is 272 g/mol. The lowest BCUT2D eigenvalue weighted by atomic mass is 10.0. The molecule has 0 spiro atoms. The van der Waals surface area contributed by atoms with Crippen LogP contribution >= 0.6 is 11.6 Å². The molecule has 0 saturated heterocycles. The molecule has 1 aliphatic heterocycles. The van der Waals surface area contributed by atoms with Crippen molar-refractivity contribution in [1.29, 1.82) is 0 Å². The van der Waals surface area contributed by atoms with Gasteiger partial charge >= 0.3 is 0 Å². The second-order valence-corrected chi connectivity index (χ2v) is 5.62. The SMILES string of the molecule is CCc1ccc(C2Cc3c(Cl)ccc(C)c3N2)cc1. The fourth-order valence-corrected chi connectivity index (χ4v) is 2.99. The summed E-state index contributed by atoms with van der Waals surface area (Å²) >= 11 is 6.30. The van der Waals surface area contributed by atoms with Crippen molar-refractivity contribution in [1.82, 2.24) is 0 Å². The Labute approximate surface area is 119 Å². The van der Waals surface area contributed by atoms with Crippen molar-refractivity contribution in [2.24, 2.45) is 0 Å².